The summed E-state index contributed by atoms with van der Waals surface area (Å²) in [7, 11) is 0. The average Bonchev–Trinajstić information content (AvgIpc) is 2.33. The molecule has 0 spiro atoms. The van der Waals surface area contributed by atoms with E-state index >= 15 is 0 Å². The highest BCUT2D eigenvalue weighted by Gasteiger charge is 2.15. The van der Waals surface area contributed by atoms with Crippen LogP contribution in [0.3, 0.4) is 0 Å². The van der Waals surface area contributed by atoms with Gasteiger partial charge in [-0.15, -0.1) is 0 Å². The number of rotatable bonds is 2. The Bertz CT molecular complexity index is 506. The van der Waals surface area contributed by atoms with Crippen LogP contribution in [-0.4, -0.2) is 11.2 Å². The zero-order chi connectivity index (χ0) is 12.3. The molecule has 1 atom stereocenters. The highest BCUT2D eigenvalue weighted by Crippen LogP contribution is 2.23. The van der Waals surface area contributed by atoms with E-state index in [1.54, 1.807) is 12.2 Å². The van der Waals surface area contributed by atoms with E-state index in [4.69, 9.17) is 0 Å². The fourth-order valence-corrected chi connectivity index (χ4v) is 2.11. The lowest BCUT2D eigenvalue weighted by atomic mass is 9.91. The maximum absolute atomic E-state index is 10.2. The molecule has 0 amide bonds. The smallest absolute Gasteiger partial charge is 0.0836 e. The summed E-state index contributed by atoms with van der Waals surface area (Å²) in [5, 5.41) is 10.2. The Morgan fingerprint density at radius 3 is 2.59 bits per heavy atom. The van der Waals surface area contributed by atoms with Crippen molar-refractivity contribution < 1.29 is 5.11 Å². The first-order valence-electron chi connectivity index (χ1n) is 5.69. The monoisotopic (exact) mass is 224 g/mol. The van der Waals surface area contributed by atoms with Crippen LogP contribution < -0.4 is 0 Å². The van der Waals surface area contributed by atoms with Gasteiger partial charge in [-0.3, -0.25) is 0 Å². The van der Waals surface area contributed by atoms with Crippen molar-refractivity contribution in [3.8, 4) is 0 Å². The molecule has 0 saturated heterocycles. The lowest BCUT2D eigenvalue weighted by Gasteiger charge is -2.18. The zero-order valence-electron chi connectivity index (χ0n) is 9.76. The van der Waals surface area contributed by atoms with Crippen LogP contribution in [0.15, 0.2) is 66.8 Å². The Morgan fingerprint density at radius 2 is 1.88 bits per heavy atom. The number of hydrogen-bond acceptors (Lipinski definition) is 1. The predicted molar refractivity (Wildman–Crippen MR) is 72.6 cm³/mol. The summed E-state index contributed by atoms with van der Waals surface area (Å²) in [5.74, 6) is 0. The van der Waals surface area contributed by atoms with Crippen molar-refractivity contribution in [3.05, 3.63) is 77.9 Å². The standard InChI is InChI=1S/C16H16O/c1-3-12-9-10-13-7-5-6-8-14(13)11-16(17)15(12)4-2/h3-10,16-17H,1-2,11H2/b10-9-,15-12-. The summed E-state index contributed by atoms with van der Waals surface area (Å²) in [6.45, 7) is 7.54. The van der Waals surface area contributed by atoms with Gasteiger partial charge in [-0.25, -0.2) is 0 Å². The molecule has 0 fully saturated rings. The van der Waals surface area contributed by atoms with E-state index < -0.39 is 6.10 Å². The second-order valence-corrected chi connectivity index (χ2v) is 4.07. The van der Waals surface area contributed by atoms with Crippen LogP contribution in [0.5, 0.6) is 0 Å². The molecule has 86 valence electrons. The molecule has 1 N–H and O–H groups in total. The third-order valence-electron chi connectivity index (χ3n) is 3.04. The molecule has 0 aromatic heterocycles. The molecule has 0 bridgehead atoms. The minimum absolute atomic E-state index is 0.522. The summed E-state index contributed by atoms with van der Waals surface area (Å²) < 4.78 is 0. The van der Waals surface area contributed by atoms with Gasteiger partial charge in [0, 0.05) is 6.42 Å². The maximum Gasteiger partial charge on any atom is 0.0836 e. The highest BCUT2D eigenvalue weighted by atomic mass is 16.3. The van der Waals surface area contributed by atoms with Crippen LogP contribution >= 0.6 is 0 Å². The first kappa shape index (κ1) is 11.6. The molecule has 0 radical (unpaired) electrons. The normalized spacial score (nSPS) is 25.4. The van der Waals surface area contributed by atoms with Crippen molar-refractivity contribution in [2.75, 3.05) is 0 Å². The summed E-state index contributed by atoms with van der Waals surface area (Å²) in [6.07, 6.45) is 7.59. The maximum atomic E-state index is 10.2. The van der Waals surface area contributed by atoms with Gasteiger partial charge in [0.15, 0.2) is 0 Å². The highest BCUT2D eigenvalue weighted by molar-refractivity contribution is 5.61. The van der Waals surface area contributed by atoms with E-state index in [9.17, 15) is 5.11 Å². The van der Waals surface area contributed by atoms with Crippen LogP contribution in [0.25, 0.3) is 6.08 Å². The molecule has 1 nitrogen and oxygen atoms in total. The van der Waals surface area contributed by atoms with Gasteiger partial charge in [-0.1, -0.05) is 61.7 Å². The van der Waals surface area contributed by atoms with E-state index in [2.05, 4.69) is 25.3 Å². The summed E-state index contributed by atoms with van der Waals surface area (Å²) in [4.78, 5) is 0. The van der Waals surface area contributed by atoms with Gasteiger partial charge in [0.25, 0.3) is 0 Å². The lowest BCUT2D eigenvalue weighted by molar-refractivity contribution is 0.214. The second kappa shape index (κ2) is 4.98. The molecule has 1 aromatic rings. The van der Waals surface area contributed by atoms with Crippen LogP contribution in [0.4, 0.5) is 0 Å². The number of benzene rings is 1. The minimum Gasteiger partial charge on any atom is -0.388 e. The molecule has 2 rings (SSSR count). The first-order valence-corrected chi connectivity index (χ1v) is 5.69. The van der Waals surface area contributed by atoms with Gasteiger partial charge in [0.1, 0.15) is 0 Å². The second-order valence-electron chi connectivity index (χ2n) is 4.07. The van der Waals surface area contributed by atoms with Gasteiger partial charge in [0.2, 0.25) is 0 Å². The van der Waals surface area contributed by atoms with Crippen molar-refractivity contribution in [3.63, 3.8) is 0 Å². The van der Waals surface area contributed by atoms with Crippen LogP contribution in [-0.2, 0) is 6.42 Å². The molecule has 0 saturated carbocycles. The molecule has 1 aromatic carbocycles. The zero-order valence-corrected chi connectivity index (χ0v) is 9.76. The Kier molecular flexibility index (Phi) is 3.40. The van der Waals surface area contributed by atoms with E-state index in [0.717, 1.165) is 22.3 Å². The van der Waals surface area contributed by atoms with Gasteiger partial charge in [-0.2, -0.15) is 0 Å². The van der Waals surface area contributed by atoms with Gasteiger partial charge < -0.3 is 5.11 Å². The fraction of sp³-hybridized carbons (Fsp3) is 0.125. The van der Waals surface area contributed by atoms with E-state index in [1.807, 2.05) is 24.3 Å². The van der Waals surface area contributed by atoms with Crippen molar-refractivity contribution >= 4 is 6.08 Å². The van der Waals surface area contributed by atoms with Gasteiger partial charge in [-0.05, 0) is 22.3 Å². The first-order chi connectivity index (χ1) is 8.26. The third kappa shape index (κ3) is 2.29. The topological polar surface area (TPSA) is 20.2 Å². The number of allylic oxidation sites excluding steroid dienone is 3. The number of hydrogen-bond donors (Lipinski definition) is 1. The van der Waals surface area contributed by atoms with E-state index in [1.165, 1.54) is 0 Å². The summed E-state index contributed by atoms with van der Waals surface area (Å²) in [6, 6.07) is 8.09. The largest absolute Gasteiger partial charge is 0.388 e. The predicted octanol–water partition coefficient (Wildman–Crippen LogP) is 3.29. The molecule has 0 aliphatic heterocycles. The van der Waals surface area contributed by atoms with Gasteiger partial charge in [0.05, 0.1) is 6.10 Å². The van der Waals surface area contributed by atoms with E-state index in [-0.39, 0.29) is 0 Å². The quantitative estimate of drug-likeness (QED) is 0.817. The lowest BCUT2D eigenvalue weighted by Crippen LogP contribution is -2.15. The molecule has 0 heterocycles. The van der Waals surface area contributed by atoms with Crippen molar-refractivity contribution in [2.45, 2.75) is 12.5 Å². The molecule has 1 unspecified atom stereocenters. The molecule has 1 aliphatic carbocycles. The van der Waals surface area contributed by atoms with E-state index in [0.29, 0.717) is 6.42 Å². The SMILES string of the molecule is C=CC1=C(\C=C)C(O)Cc2ccccc2/C=C\1. The minimum atomic E-state index is -0.522. The van der Waals surface area contributed by atoms with Crippen LogP contribution in [0.1, 0.15) is 11.1 Å². The third-order valence-corrected chi connectivity index (χ3v) is 3.04. The van der Waals surface area contributed by atoms with Crippen molar-refractivity contribution in [1.29, 1.82) is 0 Å². The Hall–Kier alpha value is -1.86. The number of fused-ring (bicyclic) bond motifs is 1. The number of aliphatic hydroxyl groups is 1. The van der Waals surface area contributed by atoms with Gasteiger partial charge >= 0.3 is 0 Å². The summed E-state index contributed by atoms with van der Waals surface area (Å²) in [5.41, 5.74) is 4.07. The van der Waals surface area contributed by atoms with Crippen molar-refractivity contribution in [1.82, 2.24) is 0 Å². The molecule has 17 heavy (non-hydrogen) atoms. The average molecular weight is 224 g/mol. The molecular weight excluding hydrogens is 208 g/mol. The van der Waals surface area contributed by atoms with Crippen LogP contribution in [0, 0.1) is 0 Å². The molecular formula is C16H16O. The number of aliphatic hydroxyl groups excluding tert-OH is 1. The summed E-state index contributed by atoms with van der Waals surface area (Å²) >= 11 is 0. The van der Waals surface area contributed by atoms with Crippen LogP contribution in [0.2, 0.25) is 0 Å². The molecule has 1 heteroatoms. The Labute approximate surface area is 102 Å². The molecule has 1 aliphatic rings. The fourth-order valence-electron chi connectivity index (χ4n) is 2.11. The van der Waals surface area contributed by atoms with Crippen molar-refractivity contribution in [2.24, 2.45) is 0 Å². The Morgan fingerprint density at radius 1 is 1.12 bits per heavy atom. The Balaban J connectivity index is 2.55.